The van der Waals surface area contributed by atoms with E-state index < -0.39 is 0 Å². The van der Waals surface area contributed by atoms with Crippen LogP contribution < -0.4 is 5.32 Å². The molecule has 2 N–H and O–H groups in total. The van der Waals surface area contributed by atoms with Gasteiger partial charge in [0.15, 0.2) is 0 Å². The molecule has 14 heavy (non-hydrogen) atoms. The van der Waals surface area contributed by atoms with Crippen molar-refractivity contribution < 1.29 is 5.11 Å². The summed E-state index contributed by atoms with van der Waals surface area (Å²) in [7, 11) is 0. The second kappa shape index (κ2) is 4.60. The van der Waals surface area contributed by atoms with Gasteiger partial charge in [0, 0.05) is 25.7 Å². The van der Waals surface area contributed by atoms with E-state index in [0.29, 0.717) is 18.4 Å². The monoisotopic (exact) mass is 198 g/mol. The molecule has 0 saturated carbocycles. The predicted octanol–water partition coefficient (Wildman–Crippen LogP) is 0.299. The first-order chi connectivity index (χ1) is 6.81. The van der Waals surface area contributed by atoms with Gasteiger partial charge in [0.2, 0.25) is 0 Å². The molecule has 2 aliphatic rings. The Balaban J connectivity index is 1.86. The average molecular weight is 198 g/mol. The van der Waals surface area contributed by atoms with E-state index in [0.717, 1.165) is 12.6 Å². The highest BCUT2D eigenvalue weighted by atomic mass is 16.3. The van der Waals surface area contributed by atoms with Crippen LogP contribution in [0.2, 0.25) is 0 Å². The molecule has 0 radical (unpaired) electrons. The van der Waals surface area contributed by atoms with Crippen molar-refractivity contribution in [3.8, 4) is 0 Å². The normalized spacial score (nSPS) is 36.4. The molecule has 2 saturated heterocycles. The van der Waals surface area contributed by atoms with Gasteiger partial charge in [-0.3, -0.25) is 4.90 Å². The Labute approximate surface area is 86.5 Å². The van der Waals surface area contributed by atoms with Crippen LogP contribution >= 0.6 is 0 Å². The zero-order valence-corrected chi connectivity index (χ0v) is 9.08. The van der Waals surface area contributed by atoms with Crippen LogP contribution in [0.1, 0.15) is 19.8 Å². The van der Waals surface area contributed by atoms with Gasteiger partial charge in [0.05, 0.1) is 0 Å². The molecule has 0 bridgehead atoms. The van der Waals surface area contributed by atoms with Gasteiger partial charge in [-0.25, -0.2) is 0 Å². The van der Waals surface area contributed by atoms with Crippen molar-refractivity contribution in [3.05, 3.63) is 0 Å². The first-order valence-electron chi connectivity index (χ1n) is 5.87. The lowest BCUT2D eigenvalue weighted by molar-refractivity contribution is 0.173. The summed E-state index contributed by atoms with van der Waals surface area (Å²) < 4.78 is 0. The topological polar surface area (TPSA) is 35.5 Å². The van der Waals surface area contributed by atoms with Gasteiger partial charge in [0.25, 0.3) is 0 Å². The average Bonchev–Trinajstić information content (AvgIpc) is 2.61. The lowest BCUT2D eigenvalue weighted by Crippen LogP contribution is -2.42. The Hall–Kier alpha value is -0.120. The molecule has 0 amide bonds. The molecule has 0 aromatic carbocycles. The van der Waals surface area contributed by atoms with Crippen molar-refractivity contribution in [3.63, 3.8) is 0 Å². The van der Waals surface area contributed by atoms with Crippen LogP contribution in [-0.4, -0.2) is 48.8 Å². The van der Waals surface area contributed by atoms with E-state index in [1.165, 1.54) is 32.5 Å². The molecule has 3 nitrogen and oxygen atoms in total. The number of rotatable bonds is 2. The third-order valence-corrected chi connectivity index (χ3v) is 3.86. The molecule has 0 aromatic heterocycles. The van der Waals surface area contributed by atoms with Gasteiger partial charge in [-0.2, -0.15) is 0 Å². The standard InChI is InChI=1S/C11H22N2O/c1-9-6-13(7-10(9)8-14)11-2-4-12-5-3-11/h9-12,14H,2-8H2,1H3/t9-,10-/m1/s1. The minimum absolute atomic E-state index is 0.364. The van der Waals surface area contributed by atoms with Crippen molar-refractivity contribution in [2.75, 3.05) is 32.8 Å². The Morgan fingerprint density at radius 2 is 2.00 bits per heavy atom. The minimum atomic E-state index is 0.364. The van der Waals surface area contributed by atoms with Gasteiger partial charge < -0.3 is 10.4 Å². The number of aliphatic hydroxyl groups is 1. The van der Waals surface area contributed by atoms with Gasteiger partial charge in [-0.15, -0.1) is 0 Å². The van der Waals surface area contributed by atoms with Crippen molar-refractivity contribution in [1.82, 2.24) is 10.2 Å². The highest BCUT2D eigenvalue weighted by Gasteiger charge is 2.33. The second-order valence-corrected chi connectivity index (χ2v) is 4.86. The maximum absolute atomic E-state index is 9.21. The lowest BCUT2D eigenvalue weighted by Gasteiger charge is -2.31. The zero-order valence-electron chi connectivity index (χ0n) is 9.08. The van der Waals surface area contributed by atoms with Crippen LogP contribution in [-0.2, 0) is 0 Å². The first kappa shape index (κ1) is 10.4. The van der Waals surface area contributed by atoms with Gasteiger partial charge >= 0.3 is 0 Å². The summed E-state index contributed by atoms with van der Waals surface area (Å²) in [4.78, 5) is 2.59. The van der Waals surface area contributed by atoms with Crippen LogP contribution in [0.25, 0.3) is 0 Å². The van der Waals surface area contributed by atoms with Gasteiger partial charge in [0.1, 0.15) is 0 Å². The van der Waals surface area contributed by atoms with Crippen molar-refractivity contribution >= 4 is 0 Å². The number of aliphatic hydroxyl groups excluding tert-OH is 1. The number of likely N-dealkylation sites (tertiary alicyclic amines) is 1. The molecule has 0 spiro atoms. The smallest absolute Gasteiger partial charge is 0.0474 e. The fourth-order valence-electron chi connectivity index (χ4n) is 2.78. The second-order valence-electron chi connectivity index (χ2n) is 4.86. The molecule has 2 atom stereocenters. The van der Waals surface area contributed by atoms with E-state index in [1.54, 1.807) is 0 Å². The SMILES string of the molecule is C[C@@H]1CN(C2CCNCC2)C[C@@H]1CO. The van der Waals surface area contributed by atoms with Crippen LogP contribution in [0, 0.1) is 11.8 Å². The fourth-order valence-corrected chi connectivity index (χ4v) is 2.78. The highest BCUT2D eigenvalue weighted by molar-refractivity contribution is 4.87. The summed E-state index contributed by atoms with van der Waals surface area (Å²) in [6, 6.07) is 0.773. The summed E-state index contributed by atoms with van der Waals surface area (Å²) in [6.07, 6.45) is 2.57. The van der Waals surface area contributed by atoms with Crippen LogP contribution in [0.15, 0.2) is 0 Å². The maximum atomic E-state index is 9.21. The summed E-state index contributed by atoms with van der Waals surface area (Å²) in [6.45, 7) is 7.27. The molecule has 0 unspecified atom stereocenters. The molecule has 2 rings (SSSR count). The summed E-state index contributed by atoms with van der Waals surface area (Å²) in [5, 5.41) is 12.6. The molecule has 2 aliphatic heterocycles. The number of hydrogen-bond donors (Lipinski definition) is 2. The number of piperidine rings is 1. The van der Waals surface area contributed by atoms with E-state index in [4.69, 9.17) is 0 Å². The molecule has 3 heteroatoms. The van der Waals surface area contributed by atoms with E-state index in [-0.39, 0.29) is 0 Å². The van der Waals surface area contributed by atoms with Crippen LogP contribution in [0.3, 0.4) is 0 Å². The Morgan fingerprint density at radius 1 is 1.29 bits per heavy atom. The molecule has 0 aliphatic carbocycles. The zero-order chi connectivity index (χ0) is 9.97. The van der Waals surface area contributed by atoms with Gasteiger partial charge in [-0.05, 0) is 37.8 Å². The Morgan fingerprint density at radius 3 is 2.57 bits per heavy atom. The largest absolute Gasteiger partial charge is 0.396 e. The quantitative estimate of drug-likeness (QED) is 0.670. The fraction of sp³-hybridized carbons (Fsp3) is 1.00. The molecule has 2 fully saturated rings. The van der Waals surface area contributed by atoms with E-state index in [2.05, 4.69) is 17.1 Å². The Kier molecular flexibility index (Phi) is 3.42. The molecule has 0 aromatic rings. The highest BCUT2D eigenvalue weighted by Crippen LogP contribution is 2.26. The van der Waals surface area contributed by atoms with Crippen molar-refractivity contribution in [1.29, 1.82) is 0 Å². The van der Waals surface area contributed by atoms with E-state index in [9.17, 15) is 5.11 Å². The minimum Gasteiger partial charge on any atom is -0.396 e. The van der Waals surface area contributed by atoms with E-state index in [1.807, 2.05) is 0 Å². The van der Waals surface area contributed by atoms with Crippen molar-refractivity contribution in [2.45, 2.75) is 25.8 Å². The predicted molar refractivity (Wildman–Crippen MR) is 57.2 cm³/mol. The summed E-state index contributed by atoms with van der Waals surface area (Å²) >= 11 is 0. The van der Waals surface area contributed by atoms with Crippen LogP contribution in [0.5, 0.6) is 0 Å². The number of hydrogen-bond acceptors (Lipinski definition) is 3. The van der Waals surface area contributed by atoms with Crippen molar-refractivity contribution in [2.24, 2.45) is 11.8 Å². The lowest BCUT2D eigenvalue weighted by atomic mass is 10.00. The molecule has 2 heterocycles. The maximum Gasteiger partial charge on any atom is 0.0474 e. The summed E-state index contributed by atoms with van der Waals surface area (Å²) in [5.74, 6) is 1.19. The third kappa shape index (κ3) is 2.10. The Bertz CT molecular complexity index is 180. The molecular weight excluding hydrogens is 176 g/mol. The number of nitrogens with zero attached hydrogens (tertiary/aromatic N) is 1. The van der Waals surface area contributed by atoms with E-state index >= 15 is 0 Å². The molecule has 82 valence electrons. The first-order valence-corrected chi connectivity index (χ1v) is 5.87. The van der Waals surface area contributed by atoms with Crippen LogP contribution in [0.4, 0.5) is 0 Å². The van der Waals surface area contributed by atoms with Gasteiger partial charge in [-0.1, -0.05) is 6.92 Å². The number of nitrogens with one attached hydrogen (secondary N) is 1. The summed E-state index contributed by atoms with van der Waals surface area (Å²) in [5.41, 5.74) is 0. The third-order valence-electron chi connectivity index (χ3n) is 3.86. The molecular formula is C11H22N2O.